The minimum absolute atomic E-state index is 0. The van der Waals surface area contributed by atoms with Crippen LogP contribution in [0.2, 0.25) is 0 Å². The van der Waals surface area contributed by atoms with E-state index in [0.717, 1.165) is 5.56 Å². The van der Waals surface area contributed by atoms with Crippen LogP contribution in [0.1, 0.15) is 16.1 Å². The maximum Gasteiger partial charge on any atom is 0.267 e. The smallest absolute Gasteiger partial charge is 0.267 e. The standard InChI is InChI=1S/C7H8N2O.ClH/c1-5-3-2-4-9-6(5)7(8)10;/h2-4H,1H3,(H2,8,10);1H. The molecule has 60 valence electrons. The minimum atomic E-state index is -0.474. The summed E-state index contributed by atoms with van der Waals surface area (Å²) in [5.74, 6) is -0.474. The Kier molecular flexibility index (Phi) is 3.54. The highest BCUT2D eigenvalue weighted by Gasteiger charge is 2.02. The van der Waals surface area contributed by atoms with E-state index in [0.29, 0.717) is 5.69 Å². The number of rotatable bonds is 1. The molecule has 2 N–H and O–H groups in total. The molecule has 1 aromatic heterocycles. The Morgan fingerprint density at radius 2 is 2.27 bits per heavy atom. The number of hydrogen-bond donors (Lipinski definition) is 1. The summed E-state index contributed by atoms with van der Waals surface area (Å²) < 4.78 is 0. The van der Waals surface area contributed by atoms with E-state index in [1.807, 2.05) is 0 Å². The minimum Gasteiger partial charge on any atom is -0.364 e. The summed E-state index contributed by atoms with van der Waals surface area (Å²) in [6.07, 6.45) is 1.55. The van der Waals surface area contributed by atoms with Gasteiger partial charge in [-0.3, -0.25) is 9.78 Å². The fourth-order valence-corrected chi connectivity index (χ4v) is 0.744. The van der Waals surface area contributed by atoms with Crippen LogP contribution in [0.3, 0.4) is 0 Å². The Bertz CT molecular complexity index is 262. The number of nitrogens with zero attached hydrogens (tertiary/aromatic N) is 1. The van der Waals surface area contributed by atoms with Gasteiger partial charge in [0, 0.05) is 6.20 Å². The van der Waals surface area contributed by atoms with E-state index >= 15 is 0 Å². The molecular weight excluding hydrogens is 164 g/mol. The lowest BCUT2D eigenvalue weighted by molar-refractivity contribution is 0.0995. The zero-order valence-electron chi connectivity index (χ0n) is 6.07. The fourth-order valence-electron chi connectivity index (χ4n) is 0.744. The highest BCUT2D eigenvalue weighted by Crippen LogP contribution is 2.00. The summed E-state index contributed by atoms with van der Waals surface area (Å²) >= 11 is 0. The molecule has 3 nitrogen and oxygen atoms in total. The number of carbonyl (C=O) groups is 1. The van der Waals surface area contributed by atoms with E-state index in [-0.39, 0.29) is 12.4 Å². The summed E-state index contributed by atoms with van der Waals surface area (Å²) in [4.78, 5) is 14.4. The first kappa shape index (κ1) is 9.91. The third-order valence-corrected chi connectivity index (χ3v) is 1.24. The molecular formula is C7H9ClN2O. The van der Waals surface area contributed by atoms with Crippen LogP contribution >= 0.6 is 12.4 Å². The van der Waals surface area contributed by atoms with Gasteiger partial charge in [0.15, 0.2) is 0 Å². The second kappa shape index (κ2) is 3.93. The lowest BCUT2D eigenvalue weighted by Crippen LogP contribution is -2.14. The van der Waals surface area contributed by atoms with Crippen LogP contribution in [0.25, 0.3) is 0 Å². The third-order valence-electron chi connectivity index (χ3n) is 1.24. The van der Waals surface area contributed by atoms with E-state index in [9.17, 15) is 4.79 Å². The van der Waals surface area contributed by atoms with Crippen molar-refractivity contribution in [2.75, 3.05) is 0 Å². The van der Waals surface area contributed by atoms with Gasteiger partial charge in [0.05, 0.1) is 0 Å². The van der Waals surface area contributed by atoms with Gasteiger partial charge in [-0.2, -0.15) is 0 Å². The van der Waals surface area contributed by atoms with E-state index < -0.39 is 5.91 Å². The number of amides is 1. The van der Waals surface area contributed by atoms with Crippen molar-refractivity contribution in [2.45, 2.75) is 6.92 Å². The number of aryl methyl sites for hydroxylation is 1. The number of halogens is 1. The lowest BCUT2D eigenvalue weighted by Gasteiger charge is -1.96. The van der Waals surface area contributed by atoms with Crippen molar-refractivity contribution in [3.8, 4) is 0 Å². The summed E-state index contributed by atoms with van der Waals surface area (Å²) in [6.45, 7) is 1.80. The molecule has 0 saturated carbocycles. The van der Waals surface area contributed by atoms with Gasteiger partial charge >= 0.3 is 0 Å². The molecule has 0 aromatic carbocycles. The van der Waals surface area contributed by atoms with Gasteiger partial charge in [0.1, 0.15) is 5.69 Å². The quantitative estimate of drug-likeness (QED) is 0.685. The van der Waals surface area contributed by atoms with Crippen LogP contribution in [-0.4, -0.2) is 10.9 Å². The van der Waals surface area contributed by atoms with Crippen molar-refractivity contribution >= 4 is 18.3 Å². The van der Waals surface area contributed by atoms with Gasteiger partial charge in [-0.15, -0.1) is 12.4 Å². The Morgan fingerprint density at radius 3 is 2.64 bits per heavy atom. The second-order valence-electron chi connectivity index (χ2n) is 2.03. The van der Waals surface area contributed by atoms with Crippen molar-refractivity contribution < 1.29 is 4.79 Å². The average Bonchev–Trinajstić information content (AvgIpc) is 1.88. The normalized spacial score (nSPS) is 8.45. The van der Waals surface area contributed by atoms with E-state index in [1.165, 1.54) is 0 Å². The zero-order chi connectivity index (χ0) is 7.56. The Labute approximate surface area is 71.0 Å². The first-order valence-corrected chi connectivity index (χ1v) is 2.93. The molecule has 1 amide bonds. The predicted molar refractivity (Wildman–Crippen MR) is 44.7 cm³/mol. The zero-order valence-corrected chi connectivity index (χ0v) is 6.89. The molecule has 0 aliphatic carbocycles. The van der Waals surface area contributed by atoms with Gasteiger partial charge in [-0.05, 0) is 18.6 Å². The molecule has 0 fully saturated rings. The van der Waals surface area contributed by atoms with Crippen molar-refractivity contribution in [3.63, 3.8) is 0 Å². The van der Waals surface area contributed by atoms with E-state index in [2.05, 4.69) is 4.98 Å². The molecule has 0 bridgehead atoms. The number of hydrogen-bond acceptors (Lipinski definition) is 2. The fraction of sp³-hybridized carbons (Fsp3) is 0.143. The molecule has 11 heavy (non-hydrogen) atoms. The molecule has 0 saturated heterocycles. The summed E-state index contributed by atoms with van der Waals surface area (Å²) in [6, 6.07) is 3.56. The number of pyridine rings is 1. The molecule has 1 rings (SSSR count). The molecule has 0 atom stereocenters. The molecule has 1 heterocycles. The molecule has 0 aliphatic rings. The second-order valence-corrected chi connectivity index (χ2v) is 2.03. The number of primary amides is 1. The van der Waals surface area contributed by atoms with Gasteiger partial charge in [0.2, 0.25) is 0 Å². The summed E-state index contributed by atoms with van der Waals surface area (Å²) in [5.41, 5.74) is 6.18. The number of aromatic nitrogens is 1. The van der Waals surface area contributed by atoms with Crippen molar-refractivity contribution in [1.82, 2.24) is 4.98 Å². The topological polar surface area (TPSA) is 56.0 Å². The van der Waals surface area contributed by atoms with E-state index in [4.69, 9.17) is 5.73 Å². The Balaban J connectivity index is 0.000001000. The van der Waals surface area contributed by atoms with Crippen LogP contribution in [-0.2, 0) is 0 Å². The van der Waals surface area contributed by atoms with Gasteiger partial charge in [0.25, 0.3) is 5.91 Å². The summed E-state index contributed by atoms with van der Waals surface area (Å²) in [5, 5.41) is 0. The summed E-state index contributed by atoms with van der Waals surface area (Å²) in [7, 11) is 0. The van der Waals surface area contributed by atoms with Crippen LogP contribution in [0.5, 0.6) is 0 Å². The monoisotopic (exact) mass is 172 g/mol. The lowest BCUT2D eigenvalue weighted by atomic mass is 10.2. The number of nitrogens with two attached hydrogens (primary N) is 1. The molecule has 0 radical (unpaired) electrons. The number of carbonyl (C=O) groups excluding carboxylic acids is 1. The SMILES string of the molecule is Cc1cccnc1C(N)=O.Cl. The van der Waals surface area contributed by atoms with Crippen LogP contribution < -0.4 is 5.73 Å². The van der Waals surface area contributed by atoms with E-state index in [1.54, 1.807) is 25.3 Å². The molecule has 0 spiro atoms. The van der Waals surface area contributed by atoms with Crippen molar-refractivity contribution in [3.05, 3.63) is 29.6 Å². The average molecular weight is 173 g/mol. The largest absolute Gasteiger partial charge is 0.364 e. The highest BCUT2D eigenvalue weighted by molar-refractivity contribution is 5.92. The van der Waals surface area contributed by atoms with Gasteiger partial charge in [-0.1, -0.05) is 6.07 Å². The van der Waals surface area contributed by atoms with Gasteiger partial charge in [-0.25, -0.2) is 0 Å². The van der Waals surface area contributed by atoms with Crippen molar-refractivity contribution in [1.29, 1.82) is 0 Å². The highest BCUT2D eigenvalue weighted by atomic mass is 35.5. The molecule has 0 aliphatic heterocycles. The maximum atomic E-state index is 10.6. The van der Waals surface area contributed by atoms with Crippen molar-refractivity contribution in [2.24, 2.45) is 5.73 Å². The molecule has 1 aromatic rings. The van der Waals surface area contributed by atoms with Crippen LogP contribution in [0.15, 0.2) is 18.3 Å². The third kappa shape index (κ3) is 2.20. The van der Waals surface area contributed by atoms with Crippen LogP contribution in [0.4, 0.5) is 0 Å². The Hall–Kier alpha value is -1.09. The maximum absolute atomic E-state index is 10.6. The van der Waals surface area contributed by atoms with Gasteiger partial charge < -0.3 is 5.73 Å². The predicted octanol–water partition coefficient (Wildman–Crippen LogP) is 0.911. The first-order valence-electron chi connectivity index (χ1n) is 2.93. The van der Waals surface area contributed by atoms with Crippen LogP contribution in [0, 0.1) is 6.92 Å². The molecule has 0 unspecified atom stereocenters. The molecule has 4 heteroatoms. The Morgan fingerprint density at radius 1 is 1.64 bits per heavy atom. The first-order chi connectivity index (χ1) is 4.72.